The van der Waals surface area contributed by atoms with Gasteiger partial charge in [-0.15, -0.1) is 0 Å². The van der Waals surface area contributed by atoms with Gasteiger partial charge in [0.1, 0.15) is 0 Å². The topological polar surface area (TPSA) is 48.3 Å². The van der Waals surface area contributed by atoms with Crippen LogP contribution in [0.5, 0.6) is 11.5 Å². The second-order valence-corrected chi connectivity index (χ2v) is 4.88. The Balaban J connectivity index is 2.03. The van der Waals surface area contributed by atoms with Crippen LogP contribution in [0.3, 0.4) is 0 Å². The highest BCUT2D eigenvalue weighted by molar-refractivity contribution is 5.46. The van der Waals surface area contributed by atoms with Crippen molar-refractivity contribution in [2.45, 2.75) is 26.4 Å². The third kappa shape index (κ3) is 3.55. The molecule has 0 saturated heterocycles. The quantitative estimate of drug-likeness (QED) is 0.849. The molecule has 0 spiro atoms. The predicted molar refractivity (Wildman–Crippen MR) is 82.7 cm³/mol. The lowest BCUT2D eigenvalue weighted by Gasteiger charge is -2.13. The van der Waals surface area contributed by atoms with E-state index in [0.29, 0.717) is 0 Å². The SMILES string of the molecule is CCc1nn(C)cc1CNCc1cccc(OC)c1OC. The molecule has 1 aromatic carbocycles. The third-order valence-corrected chi connectivity index (χ3v) is 3.44. The monoisotopic (exact) mass is 289 g/mol. The number of rotatable bonds is 7. The van der Waals surface area contributed by atoms with Crippen LogP contribution in [0.25, 0.3) is 0 Å². The minimum Gasteiger partial charge on any atom is -0.493 e. The zero-order valence-electron chi connectivity index (χ0n) is 13.1. The molecule has 0 fully saturated rings. The Morgan fingerprint density at radius 3 is 2.57 bits per heavy atom. The van der Waals surface area contributed by atoms with Crippen molar-refractivity contribution in [2.75, 3.05) is 14.2 Å². The van der Waals surface area contributed by atoms with E-state index in [1.807, 2.05) is 29.9 Å². The van der Waals surface area contributed by atoms with Crippen LogP contribution in [0.15, 0.2) is 24.4 Å². The van der Waals surface area contributed by atoms with Gasteiger partial charge in [0.05, 0.1) is 19.9 Å². The van der Waals surface area contributed by atoms with Crippen molar-refractivity contribution in [3.63, 3.8) is 0 Å². The van der Waals surface area contributed by atoms with Gasteiger partial charge in [-0.25, -0.2) is 0 Å². The summed E-state index contributed by atoms with van der Waals surface area (Å²) in [6, 6.07) is 5.91. The molecular weight excluding hydrogens is 266 g/mol. The largest absolute Gasteiger partial charge is 0.493 e. The average molecular weight is 289 g/mol. The summed E-state index contributed by atoms with van der Waals surface area (Å²) < 4.78 is 12.6. The molecule has 0 bridgehead atoms. The van der Waals surface area contributed by atoms with Gasteiger partial charge in [0.2, 0.25) is 0 Å². The molecule has 0 aliphatic carbocycles. The number of ether oxygens (including phenoxy) is 2. The predicted octanol–water partition coefficient (Wildman–Crippen LogP) is 2.29. The fourth-order valence-electron chi connectivity index (χ4n) is 2.45. The Morgan fingerprint density at radius 2 is 1.90 bits per heavy atom. The number of hydrogen-bond donors (Lipinski definition) is 1. The fraction of sp³-hybridized carbons (Fsp3) is 0.438. The van der Waals surface area contributed by atoms with Crippen molar-refractivity contribution in [3.05, 3.63) is 41.2 Å². The lowest BCUT2D eigenvalue weighted by molar-refractivity contribution is 0.350. The van der Waals surface area contributed by atoms with Gasteiger partial charge >= 0.3 is 0 Å². The summed E-state index contributed by atoms with van der Waals surface area (Å²) in [4.78, 5) is 0. The van der Waals surface area contributed by atoms with Crippen LogP contribution in [-0.4, -0.2) is 24.0 Å². The lowest BCUT2D eigenvalue weighted by Crippen LogP contribution is -2.14. The van der Waals surface area contributed by atoms with Crippen molar-refractivity contribution < 1.29 is 9.47 Å². The minimum atomic E-state index is 0.721. The number of para-hydroxylation sites is 1. The Kier molecular flexibility index (Phi) is 5.22. The Bertz CT molecular complexity index is 593. The van der Waals surface area contributed by atoms with Crippen molar-refractivity contribution in [2.24, 2.45) is 7.05 Å². The second kappa shape index (κ2) is 7.13. The van der Waals surface area contributed by atoms with E-state index < -0.39 is 0 Å². The maximum Gasteiger partial charge on any atom is 0.165 e. The molecule has 0 aliphatic heterocycles. The van der Waals surface area contributed by atoms with Gasteiger partial charge in [-0.2, -0.15) is 5.10 Å². The molecule has 0 amide bonds. The van der Waals surface area contributed by atoms with Gasteiger partial charge in [0.25, 0.3) is 0 Å². The first-order valence-electron chi connectivity index (χ1n) is 7.11. The summed E-state index contributed by atoms with van der Waals surface area (Å²) >= 11 is 0. The highest BCUT2D eigenvalue weighted by atomic mass is 16.5. The number of aryl methyl sites for hydroxylation is 2. The smallest absolute Gasteiger partial charge is 0.165 e. The van der Waals surface area contributed by atoms with Crippen molar-refractivity contribution in [3.8, 4) is 11.5 Å². The number of methoxy groups -OCH3 is 2. The van der Waals surface area contributed by atoms with Crippen LogP contribution in [-0.2, 0) is 26.6 Å². The van der Waals surface area contributed by atoms with Gasteiger partial charge < -0.3 is 14.8 Å². The third-order valence-electron chi connectivity index (χ3n) is 3.44. The van der Waals surface area contributed by atoms with Crippen LogP contribution < -0.4 is 14.8 Å². The zero-order chi connectivity index (χ0) is 15.2. The maximum absolute atomic E-state index is 5.44. The maximum atomic E-state index is 5.44. The summed E-state index contributed by atoms with van der Waals surface area (Å²) in [5.41, 5.74) is 3.46. The first kappa shape index (κ1) is 15.4. The van der Waals surface area contributed by atoms with Crippen LogP contribution in [0.2, 0.25) is 0 Å². The molecule has 21 heavy (non-hydrogen) atoms. The number of hydrogen-bond acceptors (Lipinski definition) is 4. The highest BCUT2D eigenvalue weighted by Crippen LogP contribution is 2.30. The summed E-state index contributed by atoms with van der Waals surface area (Å²) in [6.45, 7) is 3.63. The fourth-order valence-corrected chi connectivity index (χ4v) is 2.45. The van der Waals surface area contributed by atoms with E-state index in [-0.39, 0.29) is 0 Å². The van der Waals surface area contributed by atoms with Gasteiger partial charge in [-0.1, -0.05) is 19.1 Å². The molecule has 1 heterocycles. The standard InChI is InChI=1S/C16H23N3O2/c1-5-14-13(11-19(2)18-14)10-17-9-12-7-6-8-15(20-3)16(12)21-4/h6-8,11,17H,5,9-10H2,1-4H3. The van der Waals surface area contributed by atoms with E-state index in [4.69, 9.17) is 9.47 Å². The van der Waals surface area contributed by atoms with Crippen LogP contribution in [0.1, 0.15) is 23.7 Å². The number of nitrogens with zero attached hydrogens (tertiary/aromatic N) is 2. The molecule has 0 saturated carbocycles. The Morgan fingerprint density at radius 1 is 1.14 bits per heavy atom. The molecule has 2 rings (SSSR count). The van der Waals surface area contributed by atoms with Gasteiger partial charge in [0.15, 0.2) is 11.5 Å². The first-order chi connectivity index (χ1) is 10.2. The molecule has 1 N–H and O–H groups in total. The molecule has 2 aromatic rings. The average Bonchev–Trinajstić information content (AvgIpc) is 2.86. The molecular formula is C16H23N3O2. The molecule has 1 aromatic heterocycles. The number of nitrogens with one attached hydrogen (secondary N) is 1. The summed E-state index contributed by atoms with van der Waals surface area (Å²) in [5.74, 6) is 1.54. The van der Waals surface area contributed by atoms with E-state index in [0.717, 1.165) is 42.3 Å². The number of benzene rings is 1. The molecule has 5 heteroatoms. The lowest BCUT2D eigenvalue weighted by atomic mass is 10.1. The molecule has 0 atom stereocenters. The van der Waals surface area contributed by atoms with E-state index in [9.17, 15) is 0 Å². The normalized spacial score (nSPS) is 10.7. The molecule has 114 valence electrons. The van der Waals surface area contributed by atoms with Gasteiger partial charge in [0, 0.05) is 37.5 Å². The Labute approximate surface area is 125 Å². The summed E-state index contributed by atoms with van der Waals surface area (Å²) in [6.07, 6.45) is 3.01. The molecule has 0 unspecified atom stereocenters. The zero-order valence-corrected chi connectivity index (χ0v) is 13.1. The van der Waals surface area contributed by atoms with Crippen LogP contribution >= 0.6 is 0 Å². The first-order valence-corrected chi connectivity index (χ1v) is 7.11. The van der Waals surface area contributed by atoms with E-state index in [1.54, 1.807) is 14.2 Å². The molecule has 5 nitrogen and oxygen atoms in total. The van der Waals surface area contributed by atoms with Crippen molar-refractivity contribution in [1.82, 2.24) is 15.1 Å². The van der Waals surface area contributed by atoms with Crippen molar-refractivity contribution >= 4 is 0 Å². The van der Waals surface area contributed by atoms with E-state index in [1.165, 1.54) is 5.56 Å². The summed E-state index contributed by atoms with van der Waals surface area (Å²) in [5, 5.41) is 7.89. The van der Waals surface area contributed by atoms with Gasteiger partial charge in [-0.05, 0) is 12.5 Å². The Hall–Kier alpha value is -2.01. The molecule has 0 aliphatic rings. The number of aromatic nitrogens is 2. The van der Waals surface area contributed by atoms with E-state index in [2.05, 4.69) is 23.5 Å². The minimum absolute atomic E-state index is 0.721. The van der Waals surface area contributed by atoms with Crippen LogP contribution in [0, 0.1) is 0 Å². The molecule has 0 radical (unpaired) electrons. The van der Waals surface area contributed by atoms with E-state index >= 15 is 0 Å². The highest BCUT2D eigenvalue weighted by Gasteiger charge is 2.10. The van der Waals surface area contributed by atoms with Crippen molar-refractivity contribution in [1.29, 1.82) is 0 Å². The summed E-state index contributed by atoms with van der Waals surface area (Å²) in [7, 11) is 5.27. The van der Waals surface area contributed by atoms with Gasteiger partial charge in [-0.3, -0.25) is 4.68 Å². The second-order valence-electron chi connectivity index (χ2n) is 4.88. The van der Waals surface area contributed by atoms with Crippen LogP contribution in [0.4, 0.5) is 0 Å².